The maximum absolute atomic E-state index is 11.3. The highest BCUT2D eigenvalue weighted by atomic mass is 35.5. The molecule has 0 saturated carbocycles. The molecule has 0 aliphatic heterocycles. The van der Waals surface area contributed by atoms with E-state index in [-0.39, 0.29) is 15.6 Å². The minimum absolute atomic E-state index is 0.106. The van der Waals surface area contributed by atoms with Crippen LogP contribution in [0.3, 0.4) is 0 Å². The van der Waals surface area contributed by atoms with Gasteiger partial charge in [0.15, 0.2) is 0 Å². The average molecular weight is 235 g/mol. The van der Waals surface area contributed by atoms with Gasteiger partial charge in [0.25, 0.3) is 0 Å². The van der Waals surface area contributed by atoms with Crippen LogP contribution in [0.1, 0.15) is 0 Å². The number of anilines is 1. The van der Waals surface area contributed by atoms with Crippen molar-refractivity contribution in [1.82, 2.24) is 0 Å². The number of sulfonamides is 1. The van der Waals surface area contributed by atoms with E-state index in [4.69, 9.17) is 17.3 Å². The summed E-state index contributed by atoms with van der Waals surface area (Å²) in [7, 11) is -3.86. The first-order valence-corrected chi connectivity index (χ1v) is 5.21. The number of nitrogens with zero attached hydrogens (tertiary/aromatic N) is 2. The third-order valence-corrected chi connectivity index (χ3v) is 2.91. The van der Waals surface area contributed by atoms with Crippen LogP contribution in [-0.4, -0.2) is 8.42 Å². The maximum atomic E-state index is 11.3. The molecule has 0 spiro atoms. The quantitative estimate of drug-likeness (QED) is 0.343. The van der Waals surface area contributed by atoms with Gasteiger partial charge in [-0.05, 0) is 22.7 Å². The van der Waals surface area contributed by atoms with Gasteiger partial charge in [-0.2, -0.15) is 8.42 Å². The molecule has 0 amide bonds. The largest absolute Gasteiger partial charge is 0.398 e. The Labute approximate surface area is 85.6 Å². The van der Waals surface area contributed by atoms with Crippen LogP contribution < -0.4 is 11.6 Å². The summed E-state index contributed by atoms with van der Waals surface area (Å²) >= 11 is 5.63. The molecular formula is C6H7ClN4O2S. The first-order chi connectivity index (χ1) is 6.47. The van der Waals surface area contributed by atoms with Crippen LogP contribution in [0.2, 0.25) is 5.02 Å². The zero-order valence-electron chi connectivity index (χ0n) is 6.88. The van der Waals surface area contributed by atoms with Crippen LogP contribution in [0, 0.1) is 0 Å². The van der Waals surface area contributed by atoms with Gasteiger partial charge in [0.05, 0.1) is 15.6 Å². The molecule has 0 aliphatic carbocycles. The van der Waals surface area contributed by atoms with Crippen LogP contribution >= 0.6 is 11.6 Å². The van der Waals surface area contributed by atoms with Crippen LogP contribution in [0.25, 0.3) is 0 Å². The second-order valence-corrected chi connectivity index (χ2v) is 4.35. The van der Waals surface area contributed by atoms with Gasteiger partial charge >= 0.3 is 10.0 Å². The summed E-state index contributed by atoms with van der Waals surface area (Å²) in [6, 6.07) is 3.81. The van der Waals surface area contributed by atoms with E-state index >= 15 is 0 Å². The third-order valence-electron chi connectivity index (χ3n) is 1.42. The molecule has 8 heteroatoms. The van der Waals surface area contributed by atoms with Crippen molar-refractivity contribution in [2.24, 2.45) is 15.6 Å². The smallest absolute Gasteiger partial charge is 0.301 e. The molecule has 0 aliphatic rings. The van der Waals surface area contributed by atoms with Crippen LogP contribution in [0.15, 0.2) is 32.8 Å². The molecule has 4 N–H and O–H groups in total. The molecule has 0 bridgehead atoms. The second kappa shape index (κ2) is 3.81. The number of rotatable bonds is 2. The standard InChI is InChI=1S/C6H7ClN4O2S/c7-5-3-4(1-2-6(5)8)14(12,13)11-10-9/h1-3H,8H2,(H2,9,11). The van der Waals surface area contributed by atoms with Gasteiger partial charge in [-0.1, -0.05) is 16.8 Å². The monoisotopic (exact) mass is 234 g/mol. The predicted molar refractivity (Wildman–Crippen MR) is 52.1 cm³/mol. The van der Waals surface area contributed by atoms with Crippen molar-refractivity contribution in [3.8, 4) is 0 Å². The minimum Gasteiger partial charge on any atom is -0.398 e. The molecule has 6 nitrogen and oxygen atoms in total. The van der Waals surface area contributed by atoms with Gasteiger partial charge in [-0.25, -0.2) is 0 Å². The molecule has 76 valence electrons. The van der Waals surface area contributed by atoms with Gasteiger partial charge < -0.3 is 11.6 Å². The van der Waals surface area contributed by atoms with Gasteiger partial charge in [-0.3, -0.25) is 0 Å². The lowest BCUT2D eigenvalue weighted by molar-refractivity contribution is 0.594. The number of hydrogen-bond acceptors (Lipinski definition) is 4. The maximum Gasteiger partial charge on any atom is 0.301 e. The van der Waals surface area contributed by atoms with Crippen molar-refractivity contribution in [2.75, 3.05) is 5.73 Å². The van der Waals surface area contributed by atoms with Crippen LogP contribution in [0.5, 0.6) is 0 Å². The van der Waals surface area contributed by atoms with Gasteiger partial charge in [0.2, 0.25) is 0 Å². The first kappa shape index (κ1) is 10.7. The summed E-state index contributed by atoms with van der Waals surface area (Å²) in [6.45, 7) is 0. The van der Waals surface area contributed by atoms with Crippen LogP contribution in [-0.2, 0) is 10.0 Å². The molecule has 0 aromatic heterocycles. The highest BCUT2D eigenvalue weighted by Gasteiger charge is 2.13. The summed E-state index contributed by atoms with van der Waals surface area (Å²) in [4.78, 5) is -0.106. The van der Waals surface area contributed by atoms with Gasteiger partial charge in [0.1, 0.15) is 0 Å². The van der Waals surface area contributed by atoms with Gasteiger partial charge in [-0.15, -0.1) is 0 Å². The molecule has 1 aromatic rings. The van der Waals surface area contributed by atoms with Gasteiger partial charge in [0, 0.05) is 0 Å². The Morgan fingerprint density at radius 1 is 1.36 bits per heavy atom. The zero-order valence-corrected chi connectivity index (χ0v) is 8.46. The van der Waals surface area contributed by atoms with E-state index in [9.17, 15) is 8.42 Å². The SMILES string of the molecule is NN=NS(=O)(=O)c1ccc(N)c(Cl)c1. The molecule has 0 heterocycles. The molecular weight excluding hydrogens is 228 g/mol. The summed E-state index contributed by atoms with van der Waals surface area (Å²) in [5, 5.41) is 2.84. The van der Waals surface area contributed by atoms with E-state index in [1.165, 1.54) is 18.2 Å². The number of hydrogen-bond donors (Lipinski definition) is 2. The Morgan fingerprint density at radius 2 is 2.00 bits per heavy atom. The lowest BCUT2D eigenvalue weighted by atomic mass is 10.3. The van der Waals surface area contributed by atoms with E-state index in [1.807, 2.05) is 0 Å². The number of halogens is 1. The fourth-order valence-corrected chi connectivity index (χ4v) is 1.75. The molecule has 0 fully saturated rings. The summed E-state index contributed by atoms with van der Waals surface area (Å²) in [5.74, 6) is 4.64. The molecule has 14 heavy (non-hydrogen) atoms. The molecule has 1 rings (SSSR count). The molecule has 0 unspecified atom stereocenters. The second-order valence-electron chi connectivity index (χ2n) is 2.36. The Balaban J connectivity index is 3.28. The van der Waals surface area contributed by atoms with Crippen molar-refractivity contribution >= 4 is 27.3 Å². The predicted octanol–water partition coefficient (Wildman–Crippen LogP) is 0.937. The van der Waals surface area contributed by atoms with E-state index < -0.39 is 10.0 Å². The highest BCUT2D eigenvalue weighted by molar-refractivity contribution is 7.90. The first-order valence-electron chi connectivity index (χ1n) is 3.39. The van der Waals surface area contributed by atoms with E-state index in [0.29, 0.717) is 0 Å². The molecule has 1 aromatic carbocycles. The Morgan fingerprint density at radius 3 is 2.50 bits per heavy atom. The van der Waals surface area contributed by atoms with E-state index in [2.05, 4.69) is 15.6 Å². The zero-order chi connectivity index (χ0) is 10.8. The fourth-order valence-electron chi connectivity index (χ4n) is 0.778. The minimum atomic E-state index is -3.86. The number of nitrogen functional groups attached to an aromatic ring is 1. The van der Waals surface area contributed by atoms with Crippen molar-refractivity contribution in [1.29, 1.82) is 0 Å². The van der Waals surface area contributed by atoms with Crippen molar-refractivity contribution in [3.05, 3.63) is 23.2 Å². The lowest BCUT2D eigenvalue weighted by Gasteiger charge is -2.00. The van der Waals surface area contributed by atoms with Crippen molar-refractivity contribution < 1.29 is 8.42 Å². The summed E-state index contributed by atoms with van der Waals surface area (Å²) in [5.41, 5.74) is 5.69. The lowest BCUT2D eigenvalue weighted by Crippen LogP contribution is -1.98. The Kier molecular flexibility index (Phi) is 2.92. The van der Waals surface area contributed by atoms with E-state index in [1.54, 1.807) is 0 Å². The topological polar surface area (TPSA) is 111 Å². The number of benzene rings is 1. The third kappa shape index (κ3) is 2.12. The molecule has 0 radical (unpaired) electrons. The number of nitrogens with two attached hydrogens (primary N) is 2. The average Bonchev–Trinajstić information content (AvgIpc) is 2.09. The Bertz CT molecular complexity index is 471. The summed E-state index contributed by atoms with van der Waals surface area (Å²) in [6.07, 6.45) is 0. The molecule has 0 atom stereocenters. The Hall–Kier alpha value is -1.34. The van der Waals surface area contributed by atoms with Crippen LogP contribution in [0.4, 0.5) is 5.69 Å². The van der Waals surface area contributed by atoms with Crippen molar-refractivity contribution in [3.63, 3.8) is 0 Å². The van der Waals surface area contributed by atoms with Crippen molar-refractivity contribution in [2.45, 2.75) is 4.90 Å². The van der Waals surface area contributed by atoms with E-state index in [0.717, 1.165) is 0 Å². The highest BCUT2D eigenvalue weighted by Crippen LogP contribution is 2.23. The normalized spacial score (nSPS) is 12.1. The fraction of sp³-hybridized carbons (Fsp3) is 0. The summed E-state index contributed by atoms with van der Waals surface area (Å²) < 4.78 is 25.4. The molecule has 0 saturated heterocycles.